The smallest absolute Gasteiger partial charge is 0.322 e. The van der Waals surface area contributed by atoms with Crippen LogP contribution in [0.25, 0.3) is 0 Å². The minimum Gasteiger partial charge on any atom is -0.322 e. The molecule has 0 aliphatic carbocycles. The van der Waals surface area contributed by atoms with Crippen molar-refractivity contribution in [2.24, 2.45) is 0 Å². The average molecular weight is 478 g/mol. The first kappa shape index (κ1) is 22.8. The molecular weight excluding hydrogens is 460 g/mol. The number of sulfonamides is 1. The van der Waals surface area contributed by atoms with E-state index in [2.05, 4.69) is 5.32 Å². The Balaban J connectivity index is 1.69. The third kappa shape index (κ3) is 4.70. The number of carbonyl (C=O) groups is 1. The zero-order chi connectivity index (χ0) is 23.8. The molecule has 172 valence electrons. The predicted octanol–water partition coefficient (Wildman–Crippen LogP) is 5.24. The fraction of sp³-hybridized carbons (Fsp3) is 0.174. The van der Waals surface area contributed by atoms with Crippen molar-refractivity contribution < 1.29 is 30.8 Å². The lowest BCUT2D eigenvalue weighted by atomic mass is 10.0. The molecule has 0 atom stereocenters. The van der Waals surface area contributed by atoms with Crippen LogP contribution < -0.4 is 9.62 Å². The average Bonchev–Trinajstić information content (AvgIpc) is 2.77. The molecule has 3 aromatic carbocycles. The molecule has 0 radical (unpaired) electrons. The van der Waals surface area contributed by atoms with E-state index in [9.17, 15) is 30.8 Å². The van der Waals surface area contributed by atoms with Gasteiger partial charge >= 0.3 is 6.18 Å². The molecule has 4 rings (SSSR count). The van der Waals surface area contributed by atoms with Crippen molar-refractivity contribution in [3.8, 4) is 0 Å². The SMILES string of the molecule is O=C(Nc1cccc(F)c1)c1ccc2c(c1)N(S(=O)(=O)c1cccc(C(F)(F)F)c1)CCC2. The van der Waals surface area contributed by atoms with Gasteiger partial charge in [0.05, 0.1) is 16.1 Å². The minimum atomic E-state index is -4.69. The highest BCUT2D eigenvalue weighted by Crippen LogP contribution is 2.35. The molecule has 0 bridgehead atoms. The second kappa shape index (κ2) is 8.51. The highest BCUT2D eigenvalue weighted by molar-refractivity contribution is 7.92. The lowest BCUT2D eigenvalue weighted by molar-refractivity contribution is -0.137. The zero-order valence-electron chi connectivity index (χ0n) is 17.1. The Morgan fingerprint density at radius 3 is 2.45 bits per heavy atom. The number of nitrogens with zero attached hydrogens (tertiary/aromatic N) is 1. The molecule has 0 aromatic heterocycles. The summed E-state index contributed by atoms with van der Waals surface area (Å²) in [6.45, 7) is 0.0561. The fourth-order valence-corrected chi connectivity index (χ4v) is 5.24. The molecule has 1 heterocycles. The minimum absolute atomic E-state index is 0.0561. The summed E-state index contributed by atoms with van der Waals surface area (Å²) in [6, 6.07) is 13.4. The van der Waals surface area contributed by atoms with Gasteiger partial charge in [0, 0.05) is 17.8 Å². The number of rotatable bonds is 4. The molecular formula is C23H18F4N2O3S. The first-order valence-corrected chi connectivity index (χ1v) is 11.4. The summed E-state index contributed by atoms with van der Waals surface area (Å²) >= 11 is 0. The van der Waals surface area contributed by atoms with E-state index < -0.39 is 38.4 Å². The summed E-state index contributed by atoms with van der Waals surface area (Å²) in [5.74, 6) is -1.11. The Labute approximate surface area is 187 Å². The number of benzene rings is 3. The Bertz CT molecular complexity index is 1320. The van der Waals surface area contributed by atoms with Gasteiger partial charge in [0.1, 0.15) is 5.82 Å². The van der Waals surface area contributed by atoms with Crippen LogP contribution in [-0.2, 0) is 22.6 Å². The normalized spacial score (nSPS) is 14.0. The van der Waals surface area contributed by atoms with E-state index in [0.717, 1.165) is 28.6 Å². The maximum Gasteiger partial charge on any atom is 0.416 e. The standard InChI is InChI=1S/C23H18F4N2O3S/c24-18-6-2-7-19(14-18)28-22(30)16-10-9-15-4-3-11-29(21(15)12-16)33(31,32)20-8-1-5-17(13-20)23(25,26)27/h1-2,5-10,12-14H,3-4,11H2,(H,28,30). The van der Waals surface area contributed by atoms with Crippen LogP contribution in [-0.4, -0.2) is 20.9 Å². The summed E-state index contributed by atoms with van der Waals surface area (Å²) in [4.78, 5) is 12.2. The van der Waals surface area contributed by atoms with E-state index in [1.807, 2.05) is 0 Å². The van der Waals surface area contributed by atoms with Crippen LogP contribution in [0.2, 0.25) is 0 Å². The van der Waals surface area contributed by atoms with Gasteiger partial charge in [-0.3, -0.25) is 9.10 Å². The Kier molecular flexibility index (Phi) is 5.87. The molecule has 1 amide bonds. The highest BCUT2D eigenvalue weighted by atomic mass is 32.2. The number of hydrogen-bond donors (Lipinski definition) is 1. The van der Waals surface area contributed by atoms with Crippen molar-refractivity contribution in [3.63, 3.8) is 0 Å². The van der Waals surface area contributed by atoms with Gasteiger partial charge in [-0.2, -0.15) is 13.2 Å². The molecule has 3 aromatic rings. The lowest BCUT2D eigenvalue weighted by Crippen LogP contribution is -2.36. The molecule has 0 unspecified atom stereocenters. The molecule has 0 spiro atoms. The molecule has 0 saturated heterocycles. The third-order valence-corrected chi connectivity index (χ3v) is 7.06. The second-order valence-corrected chi connectivity index (χ2v) is 9.38. The predicted molar refractivity (Wildman–Crippen MR) is 115 cm³/mol. The molecule has 1 aliphatic heterocycles. The van der Waals surface area contributed by atoms with Crippen molar-refractivity contribution in [1.29, 1.82) is 0 Å². The zero-order valence-corrected chi connectivity index (χ0v) is 17.9. The van der Waals surface area contributed by atoms with Crippen molar-refractivity contribution in [2.45, 2.75) is 23.9 Å². The Morgan fingerprint density at radius 2 is 1.73 bits per heavy atom. The number of anilines is 2. The van der Waals surface area contributed by atoms with E-state index in [1.54, 1.807) is 6.07 Å². The first-order valence-electron chi connectivity index (χ1n) is 9.95. The third-order valence-electron chi connectivity index (χ3n) is 5.26. The molecule has 10 heteroatoms. The summed E-state index contributed by atoms with van der Waals surface area (Å²) in [5.41, 5.74) is 0.170. The topological polar surface area (TPSA) is 66.5 Å². The molecule has 1 aliphatic rings. The van der Waals surface area contributed by atoms with Crippen LogP contribution in [0.15, 0.2) is 71.6 Å². The number of hydrogen-bond acceptors (Lipinski definition) is 3. The van der Waals surface area contributed by atoms with Gasteiger partial charge in [-0.1, -0.05) is 18.2 Å². The number of fused-ring (bicyclic) bond motifs is 1. The molecule has 33 heavy (non-hydrogen) atoms. The van der Waals surface area contributed by atoms with Crippen LogP contribution in [0.1, 0.15) is 27.9 Å². The molecule has 1 N–H and O–H groups in total. The van der Waals surface area contributed by atoms with E-state index in [4.69, 9.17) is 0 Å². The summed E-state index contributed by atoms with van der Waals surface area (Å²) in [6.07, 6.45) is -3.66. The quantitative estimate of drug-likeness (QED) is 0.522. The van der Waals surface area contributed by atoms with E-state index in [0.29, 0.717) is 24.5 Å². The van der Waals surface area contributed by atoms with E-state index in [1.165, 1.54) is 30.3 Å². The molecule has 0 fully saturated rings. The van der Waals surface area contributed by atoms with Gasteiger partial charge < -0.3 is 5.32 Å². The first-order chi connectivity index (χ1) is 15.6. The van der Waals surface area contributed by atoms with Crippen molar-refractivity contribution in [1.82, 2.24) is 0 Å². The summed E-state index contributed by atoms with van der Waals surface area (Å²) < 4.78 is 80.3. The van der Waals surface area contributed by atoms with Gasteiger partial charge in [-0.15, -0.1) is 0 Å². The maximum atomic E-state index is 13.4. The second-order valence-electron chi connectivity index (χ2n) is 7.51. The highest BCUT2D eigenvalue weighted by Gasteiger charge is 2.34. The summed E-state index contributed by atoms with van der Waals surface area (Å²) in [7, 11) is -4.31. The van der Waals surface area contributed by atoms with Gasteiger partial charge in [0.15, 0.2) is 0 Å². The number of amides is 1. The van der Waals surface area contributed by atoms with Gasteiger partial charge in [0.2, 0.25) is 0 Å². The van der Waals surface area contributed by atoms with Gasteiger partial charge in [0.25, 0.3) is 15.9 Å². The molecule has 5 nitrogen and oxygen atoms in total. The monoisotopic (exact) mass is 478 g/mol. The van der Waals surface area contributed by atoms with Crippen LogP contribution in [0, 0.1) is 5.82 Å². The van der Waals surface area contributed by atoms with Crippen LogP contribution in [0.3, 0.4) is 0 Å². The fourth-order valence-electron chi connectivity index (χ4n) is 3.66. The van der Waals surface area contributed by atoms with Crippen LogP contribution >= 0.6 is 0 Å². The van der Waals surface area contributed by atoms with Gasteiger partial charge in [-0.25, -0.2) is 12.8 Å². The number of halogens is 4. The number of aryl methyl sites for hydroxylation is 1. The van der Waals surface area contributed by atoms with Gasteiger partial charge in [-0.05, 0) is 66.9 Å². The maximum absolute atomic E-state index is 13.4. The number of alkyl halides is 3. The van der Waals surface area contributed by atoms with Crippen molar-refractivity contribution in [3.05, 3.63) is 89.2 Å². The lowest BCUT2D eigenvalue weighted by Gasteiger charge is -2.31. The van der Waals surface area contributed by atoms with Crippen molar-refractivity contribution in [2.75, 3.05) is 16.2 Å². The number of carbonyl (C=O) groups excluding carboxylic acids is 1. The number of nitrogens with one attached hydrogen (secondary N) is 1. The molecule has 0 saturated carbocycles. The van der Waals surface area contributed by atoms with E-state index in [-0.39, 0.29) is 23.5 Å². The van der Waals surface area contributed by atoms with Crippen LogP contribution in [0.5, 0.6) is 0 Å². The summed E-state index contributed by atoms with van der Waals surface area (Å²) in [5, 5.41) is 2.54. The van der Waals surface area contributed by atoms with Crippen LogP contribution in [0.4, 0.5) is 28.9 Å². The van der Waals surface area contributed by atoms with Crippen molar-refractivity contribution >= 4 is 27.3 Å². The Hall–Kier alpha value is -3.40. The largest absolute Gasteiger partial charge is 0.416 e. The Morgan fingerprint density at radius 1 is 0.970 bits per heavy atom. The van der Waals surface area contributed by atoms with E-state index >= 15 is 0 Å².